The molecule has 1 aliphatic rings. The number of para-hydroxylation sites is 1. The van der Waals surface area contributed by atoms with Crippen molar-refractivity contribution in [3.63, 3.8) is 0 Å². The Hall–Kier alpha value is -2.82. The van der Waals surface area contributed by atoms with Crippen molar-refractivity contribution in [3.05, 3.63) is 60.2 Å². The number of nitrogens with zero attached hydrogens (tertiary/aromatic N) is 2. The minimum atomic E-state index is -1.05. The van der Waals surface area contributed by atoms with E-state index in [0.29, 0.717) is 5.75 Å². The van der Waals surface area contributed by atoms with Crippen LogP contribution < -0.4 is 9.75 Å². The lowest BCUT2D eigenvalue weighted by Gasteiger charge is -2.56. The van der Waals surface area contributed by atoms with Gasteiger partial charge in [-0.15, -0.1) is 0 Å². The van der Waals surface area contributed by atoms with Crippen LogP contribution in [0.4, 0.5) is 5.69 Å². The Bertz CT molecular complexity index is 788. The maximum Gasteiger partial charge on any atom is 0.286 e. The molecule has 0 spiro atoms. The molecule has 2 atom stereocenters. The molecule has 2 aromatic carbocycles. The number of β-lactam (4-membered cyclic amide) rings is 1. The van der Waals surface area contributed by atoms with Gasteiger partial charge in [0.1, 0.15) is 5.75 Å². The summed E-state index contributed by atoms with van der Waals surface area (Å²) in [6.07, 6.45) is -0.833. The molecule has 3 rings (SSSR count). The second kappa shape index (κ2) is 6.24. The number of ketones is 1. The van der Waals surface area contributed by atoms with Gasteiger partial charge in [-0.05, 0) is 45.0 Å². The Balaban J connectivity index is 1.89. The van der Waals surface area contributed by atoms with Crippen LogP contribution in [0.5, 0.6) is 5.75 Å². The van der Waals surface area contributed by atoms with Crippen LogP contribution in [0.3, 0.4) is 0 Å². The number of hydrogen-bond donors (Lipinski definition) is 0. The van der Waals surface area contributed by atoms with E-state index in [4.69, 9.17) is 4.74 Å². The predicted octanol–water partition coefficient (Wildman–Crippen LogP) is 2.98. The number of carbonyl (C=O) groups is 2. The third kappa shape index (κ3) is 2.76. The van der Waals surface area contributed by atoms with E-state index >= 15 is 0 Å². The molecule has 1 saturated heterocycles. The van der Waals surface area contributed by atoms with Crippen LogP contribution in [-0.2, 0) is 9.59 Å². The first-order valence-electron chi connectivity index (χ1n) is 8.23. The Morgan fingerprint density at radius 3 is 2.28 bits per heavy atom. The van der Waals surface area contributed by atoms with E-state index in [-0.39, 0.29) is 11.7 Å². The third-order valence-corrected chi connectivity index (χ3v) is 4.80. The number of hydrazine groups is 1. The van der Waals surface area contributed by atoms with Crippen molar-refractivity contribution in [1.29, 1.82) is 0 Å². The van der Waals surface area contributed by atoms with Gasteiger partial charge < -0.3 is 4.74 Å². The Kier molecular flexibility index (Phi) is 4.25. The average Bonchev–Trinajstić information content (AvgIpc) is 2.61. The molecule has 2 aromatic rings. The van der Waals surface area contributed by atoms with Crippen molar-refractivity contribution in [3.8, 4) is 5.75 Å². The Labute approximate surface area is 147 Å². The summed E-state index contributed by atoms with van der Waals surface area (Å²) in [6.45, 7) is 5.24. The molecule has 0 N–H and O–H groups in total. The highest BCUT2D eigenvalue weighted by molar-refractivity contribution is 6.05. The number of amides is 1. The zero-order valence-electron chi connectivity index (χ0n) is 14.9. The molecular formula is C20H22N2O3. The number of ether oxygens (including phenoxy) is 1. The topological polar surface area (TPSA) is 49.9 Å². The Morgan fingerprint density at radius 2 is 1.72 bits per heavy atom. The zero-order valence-corrected chi connectivity index (χ0v) is 14.9. The van der Waals surface area contributed by atoms with Gasteiger partial charge in [0.15, 0.2) is 11.3 Å². The lowest BCUT2D eigenvalue weighted by Crippen LogP contribution is -2.81. The van der Waals surface area contributed by atoms with Gasteiger partial charge in [-0.2, -0.15) is 0 Å². The molecule has 25 heavy (non-hydrogen) atoms. The van der Waals surface area contributed by atoms with Gasteiger partial charge in [0.05, 0.1) is 5.69 Å². The SMILES string of the molecule is CC(=O)[C@@]1(C)[C@@H](Oc2ccccc2)C(=O)N1N(C)c1ccc(C)cc1. The van der Waals surface area contributed by atoms with Gasteiger partial charge in [-0.25, -0.2) is 5.01 Å². The summed E-state index contributed by atoms with van der Waals surface area (Å²) in [5.41, 5.74) is 0.920. The average molecular weight is 338 g/mol. The van der Waals surface area contributed by atoms with Crippen LogP contribution in [0, 0.1) is 6.92 Å². The molecule has 0 aliphatic carbocycles. The van der Waals surface area contributed by atoms with E-state index in [9.17, 15) is 9.59 Å². The number of carbonyl (C=O) groups excluding carboxylic acids is 2. The standard InChI is InChI=1S/C20H22N2O3/c1-14-10-12-16(13-11-14)21(4)22-19(24)18(20(22,3)15(2)23)25-17-8-6-5-7-9-17/h5-13,18H,1-4H3/t18-,20-/m0/s1. The zero-order chi connectivity index (χ0) is 18.2. The molecule has 0 unspecified atom stereocenters. The van der Waals surface area contributed by atoms with Crippen molar-refractivity contribution < 1.29 is 14.3 Å². The minimum absolute atomic E-state index is 0.119. The summed E-state index contributed by atoms with van der Waals surface area (Å²) < 4.78 is 5.84. The molecule has 5 heteroatoms. The monoisotopic (exact) mass is 338 g/mol. The number of aryl methyl sites for hydroxylation is 1. The molecule has 5 nitrogen and oxygen atoms in total. The highest BCUT2D eigenvalue weighted by Crippen LogP contribution is 2.38. The molecule has 0 aromatic heterocycles. The normalized spacial score (nSPS) is 22.3. The van der Waals surface area contributed by atoms with E-state index in [1.165, 1.54) is 11.9 Å². The van der Waals surface area contributed by atoms with E-state index in [0.717, 1.165) is 11.3 Å². The minimum Gasteiger partial charge on any atom is -0.477 e. The second-order valence-corrected chi connectivity index (χ2v) is 6.52. The fourth-order valence-corrected chi connectivity index (χ4v) is 3.09. The lowest BCUT2D eigenvalue weighted by atomic mass is 9.80. The summed E-state index contributed by atoms with van der Waals surface area (Å²) in [5.74, 6) is 0.225. The van der Waals surface area contributed by atoms with Gasteiger partial charge in [0.2, 0.25) is 6.10 Å². The van der Waals surface area contributed by atoms with Crippen molar-refractivity contribution >= 4 is 17.4 Å². The van der Waals surface area contributed by atoms with Gasteiger partial charge in [-0.3, -0.25) is 14.6 Å². The van der Waals surface area contributed by atoms with Crippen LogP contribution in [0.1, 0.15) is 19.4 Å². The molecule has 0 radical (unpaired) electrons. The summed E-state index contributed by atoms with van der Waals surface area (Å²) in [4.78, 5) is 25.2. The van der Waals surface area contributed by atoms with Crippen molar-refractivity contribution in [2.24, 2.45) is 0 Å². The van der Waals surface area contributed by atoms with Gasteiger partial charge >= 0.3 is 0 Å². The molecule has 1 aliphatic heterocycles. The highest BCUT2D eigenvalue weighted by atomic mass is 16.5. The van der Waals surface area contributed by atoms with Gasteiger partial charge in [0, 0.05) is 7.05 Å². The van der Waals surface area contributed by atoms with Crippen LogP contribution in [-0.4, -0.2) is 35.4 Å². The molecular weight excluding hydrogens is 316 g/mol. The summed E-state index contributed by atoms with van der Waals surface area (Å²) >= 11 is 0. The fourth-order valence-electron chi connectivity index (χ4n) is 3.09. The van der Waals surface area contributed by atoms with Crippen molar-refractivity contribution in [2.45, 2.75) is 32.4 Å². The number of anilines is 1. The van der Waals surface area contributed by atoms with E-state index < -0.39 is 11.6 Å². The second-order valence-electron chi connectivity index (χ2n) is 6.52. The number of benzene rings is 2. The summed E-state index contributed by atoms with van der Waals surface area (Å²) in [7, 11) is 1.78. The first-order chi connectivity index (χ1) is 11.9. The highest BCUT2D eigenvalue weighted by Gasteiger charge is 2.64. The van der Waals surface area contributed by atoms with Crippen LogP contribution >= 0.6 is 0 Å². The molecule has 1 amide bonds. The quantitative estimate of drug-likeness (QED) is 0.787. The summed E-state index contributed by atoms with van der Waals surface area (Å²) in [6, 6.07) is 16.9. The van der Waals surface area contributed by atoms with E-state index in [2.05, 4.69) is 0 Å². The molecule has 1 fully saturated rings. The largest absolute Gasteiger partial charge is 0.477 e. The number of Topliss-reactive ketones (excluding diaryl/α,β-unsaturated/α-hetero) is 1. The predicted molar refractivity (Wildman–Crippen MR) is 96.4 cm³/mol. The number of rotatable bonds is 5. The smallest absolute Gasteiger partial charge is 0.286 e. The van der Waals surface area contributed by atoms with Crippen molar-refractivity contribution in [2.75, 3.05) is 12.1 Å². The van der Waals surface area contributed by atoms with E-state index in [1.54, 1.807) is 31.1 Å². The molecule has 0 bridgehead atoms. The molecule has 130 valence electrons. The van der Waals surface area contributed by atoms with Gasteiger partial charge in [-0.1, -0.05) is 35.9 Å². The number of hydrogen-bond acceptors (Lipinski definition) is 4. The first kappa shape index (κ1) is 17.0. The Morgan fingerprint density at radius 1 is 1.12 bits per heavy atom. The maximum atomic E-state index is 12.8. The fraction of sp³-hybridized carbons (Fsp3) is 0.300. The van der Waals surface area contributed by atoms with Crippen LogP contribution in [0.15, 0.2) is 54.6 Å². The van der Waals surface area contributed by atoms with Crippen LogP contribution in [0.25, 0.3) is 0 Å². The van der Waals surface area contributed by atoms with Crippen LogP contribution in [0.2, 0.25) is 0 Å². The first-order valence-corrected chi connectivity index (χ1v) is 8.23. The maximum absolute atomic E-state index is 12.8. The van der Waals surface area contributed by atoms with Gasteiger partial charge in [0.25, 0.3) is 5.91 Å². The molecule has 0 saturated carbocycles. The van der Waals surface area contributed by atoms with Crippen molar-refractivity contribution in [1.82, 2.24) is 5.01 Å². The lowest BCUT2D eigenvalue weighted by molar-refractivity contribution is -0.183. The van der Waals surface area contributed by atoms with E-state index in [1.807, 2.05) is 49.4 Å². The molecule has 1 heterocycles. The third-order valence-electron chi connectivity index (χ3n) is 4.80. The summed E-state index contributed by atoms with van der Waals surface area (Å²) in [5, 5.41) is 3.20.